The third-order valence-electron chi connectivity index (χ3n) is 5.02. The van der Waals surface area contributed by atoms with Crippen LogP contribution in [-0.4, -0.2) is 67.6 Å². The topological polar surface area (TPSA) is 77.1 Å². The molecule has 2 aliphatic rings. The number of amides is 2. The summed E-state index contributed by atoms with van der Waals surface area (Å²) in [4.78, 5) is 25.9. The molecule has 0 aromatic rings. The highest BCUT2D eigenvalue weighted by Gasteiger charge is 2.33. The van der Waals surface area contributed by atoms with E-state index < -0.39 is 6.10 Å². The van der Waals surface area contributed by atoms with E-state index in [1.165, 1.54) is 6.08 Å². The average Bonchev–Trinajstić information content (AvgIpc) is 2.65. The van der Waals surface area contributed by atoms with Gasteiger partial charge in [-0.05, 0) is 38.7 Å². The van der Waals surface area contributed by atoms with Gasteiger partial charge in [0, 0.05) is 20.6 Å². The monoisotopic (exact) mass is 382 g/mol. The summed E-state index contributed by atoms with van der Waals surface area (Å²) in [6.07, 6.45) is 5.79. The van der Waals surface area contributed by atoms with Crippen LogP contribution in [0.1, 0.15) is 35.0 Å². The summed E-state index contributed by atoms with van der Waals surface area (Å²) in [5, 5.41) is 2.99. The highest BCUT2D eigenvalue weighted by molar-refractivity contribution is 5.87. The molecule has 0 radical (unpaired) electrons. The molecule has 2 rings (SSSR count). The summed E-state index contributed by atoms with van der Waals surface area (Å²) in [6, 6.07) is -0.0376. The SMILES string of the molecule is C=CC[C@@H]1O[C@H](C)C(NC(=O)/C=C\[C@H](C)OC(=O)N2CCOCC2)C[C@@H]1C.[HH]. The molecule has 0 spiro atoms. The first-order valence-corrected chi connectivity index (χ1v) is 9.69. The van der Waals surface area contributed by atoms with Crippen LogP contribution in [0.3, 0.4) is 0 Å². The Morgan fingerprint density at radius 1 is 1.37 bits per heavy atom. The second kappa shape index (κ2) is 10.5. The van der Waals surface area contributed by atoms with Gasteiger partial charge < -0.3 is 24.4 Å². The van der Waals surface area contributed by atoms with Crippen molar-refractivity contribution in [1.82, 2.24) is 10.2 Å². The van der Waals surface area contributed by atoms with Gasteiger partial charge in [0.15, 0.2) is 0 Å². The molecule has 1 N–H and O–H groups in total. The molecule has 5 atom stereocenters. The molecule has 1 unspecified atom stereocenters. The summed E-state index contributed by atoms with van der Waals surface area (Å²) in [7, 11) is 0. The van der Waals surface area contributed by atoms with E-state index in [1.54, 1.807) is 17.9 Å². The van der Waals surface area contributed by atoms with E-state index >= 15 is 0 Å². The predicted molar refractivity (Wildman–Crippen MR) is 104 cm³/mol. The van der Waals surface area contributed by atoms with E-state index in [9.17, 15) is 9.59 Å². The van der Waals surface area contributed by atoms with Crippen LogP contribution < -0.4 is 5.32 Å². The van der Waals surface area contributed by atoms with Crippen molar-refractivity contribution in [3.63, 3.8) is 0 Å². The first-order chi connectivity index (χ1) is 12.9. The van der Waals surface area contributed by atoms with Crippen LogP contribution in [0.2, 0.25) is 0 Å². The lowest BCUT2D eigenvalue weighted by atomic mass is 9.88. The highest BCUT2D eigenvalue weighted by atomic mass is 16.6. The van der Waals surface area contributed by atoms with Gasteiger partial charge in [0.2, 0.25) is 5.91 Å². The van der Waals surface area contributed by atoms with Crippen LogP contribution in [-0.2, 0) is 19.0 Å². The molecule has 7 heteroatoms. The lowest BCUT2D eigenvalue weighted by molar-refractivity contribution is -0.123. The molecule has 2 aliphatic heterocycles. The number of nitrogens with one attached hydrogen (secondary N) is 1. The minimum absolute atomic E-state index is 0. The number of carbonyl (C=O) groups excluding carboxylic acids is 2. The van der Waals surface area contributed by atoms with Gasteiger partial charge in [-0.15, -0.1) is 6.58 Å². The first kappa shape index (κ1) is 21.4. The van der Waals surface area contributed by atoms with Crippen molar-refractivity contribution in [3.8, 4) is 0 Å². The van der Waals surface area contributed by atoms with Gasteiger partial charge >= 0.3 is 6.09 Å². The number of ether oxygens (including phenoxy) is 3. The Morgan fingerprint density at radius 2 is 2.07 bits per heavy atom. The Morgan fingerprint density at radius 3 is 2.74 bits per heavy atom. The smallest absolute Gasteiger partial charge is 0.410 e. The van der Waals surface area contributed by atoms with Crippen LogP contribution in [0, 0.1) is 5.92 Å². The maximum Gasteiger partial charge on any atom is 0.410 e. The van der Waals surface area contributed by atoms with Crippen LogP contribution >= 0.6 is 0 Å². The number of rotatable bonds is 6. The van der Waals surface area contributed by atoms with Crippen molar-refractivity contribution in [3.05, 3.63) is 24.8 Å². The number of nitrogens with zero attached hydrogens (tertiary/aromatic N) is 1. The van der Waals surface area contributed by atoms with E-state index in [0.29, 0.717) is 32.2 Å². The normalized spacial score (nSPS) is 30.0. The Balaban J connectivity index is 0.00000392. The summed E-state index contributed by atoms with van der Waals surface area (Å²) in [6.45, 7) is 11.7. The Labute approximate surface area is 163 Å². The van der Waals surface area contributed by atoms with E-state index in [-0.39, 0.29) is 31.7 Å². The number of morpholine rings is 1. The highest BCUT2D eigenvalue weighted by Crippen LogP contribution is 2.27. The van der Waals surface area contributed by atoms with E-state index in [4.69, 9.17) is 14.2 Å². The molecule has 0 aliphatic carbocycles. The number of hydrogen-bond acceptors (Lipinski definition) is 5. The van der Waals surface area contributed by atoms with Gasteiger partial charge in [-0.1, -0.05) is 13.0 Å². The molecule has 0 bridgehead atoms. The number of carbonyl (C=O) groups is 2. The molecule has 0 aromatic carbocycles. The lowest BCUT2D eigenvalue weighted by Gasteiger charge is -2.39. The zero-order valence-electron chi connectivity index (χ0n) is 16.6. The molecule has 2 amide bonds. The van der Waals surface area contributed by atoms with Gasteiger partial charge in [-0.3, -0.25) is 4.79 Å². The van der Waals surface area contributed by atoms with Crippen molar-refractivity contribution in [2.75, 3.05) is 26.3 Å². The Bertz CT molecular complexity index is 551. The second-order valence-corrected chi connectivity index (χ2v) is 7.28. The van der Waals surface area contributed by atoms with Crippen molar-refractivity contribution in [2.45, 2.75) is 58.0 Å². The van der Waals surface area contributed by atoms with Gasteiger partial charge in [0.1, 0.15) is 6.10 Å². The minimum atomic E-state index is -0.484. The predicted octanol–water partition coefficient (Wildman–Crippen LogP) is 2.52. The molecular formula is C20H34N2O5. The van der Waals surface area contributed by atoms with E-state index in [1.807, 2.05) is 13.0 Å². The fraction of sp³-hybridized carbons (Fsp3) is 0.700. The second-order valence-electron chi connectivity index (χ2n) is 7.28. The summed E-state index contributed by atoms with van der Waals surface area (Å²) in [5.41, 5.74) is 0. The Hall–Kier alpha value is -1.86. The molecular weight excluding hydrogens is 348 g/mol. The van der Waals surface area contributed by atoms with E-state index in [0.717, 1.165) is 12.8 Å². The molecule has 154 valence electrons. The molecule has 2 fully saturated rings. The zero-order chi connectivity index (χ0) is 19.8. The Kier molecular flexibility index (Phi) is 8.31. The zero-order valence-corrected chi connectivity index (χ0v) is 16.6. The van der Waals surface area contributed by atoms with Gasteiger partial charge in [-0.25, -0.2) is 4.79 Å². The third-order valence-corrected chi connectivity index (χ3v) is 5.02. The van der Waals surface area contributed by atoms with E-state index in [2.05, 4.69) is 18.8 Å². The largest absolute Gasteiger partial charge is 0.442 e. The minimum Gasteiger partial charge on any atom is -0.442 e. The number of hydrogen-bond donors (Lipinski definition) is 1. The van der Waals surface area contributed by atoms with Crippen LogP contribution in [0.15, 0.2) is 24.8 Å². The third kappa shape index (κ3) is 6.66. The standard InChI is InChI=1S/C20H32N2O5.H2/c1-5-6-18-14(2)13-17(16(4)27-18)21-19(23)8-7-15(3)26-20(24)22-9-11-25-12-10-22;/h5,7-8,14-18H,1,6,9-13H2,2-4H3,(H,21,23);1H/b8-7-;/t14-,15-,16+,17?,18-;/m0./s1. The summed E-state index contributed by atoms with van der Waals surface area (Å²) >= 11 is 0. The summed E-state index contributed by atoms with van der Waals surface area (Å²) < 4.78 is 16.6. The molecule has 0 aromatic heterocycles. The van der Waals surface area contributed by atoms with Crippen molar-refractivity contribution in [1.29, 1.82) is 0 Å². The molecule has 2 saturated heterocycles. The lowest BCUT2D eigenvalue weighted by Crippen LogP contribution is -2.50. The van der Waals surface area contributed by atoms with Crippen molar-refractivity contribution >= 4 is 12.0 Å². The maximum atomic E-state index is 12.2. The van der Waals surface area contributed by atoms with Crippen LogP contribution in [0.5, 0.6) is 0 Å². The molecule has 27 heavy (non-hydrogen) atoms. The fourth-order valence-electron chi connectivity index (χ4n) is 3.35. The van der Waals surface area contributed by atoms with Crippen molar-refractivity contribution in [2.24, 2.45) is 5.92 Å². The quantitative estimate of drug-likeness (QED) is 0.564. The fourth-order valence-corrected chi connectivity index (χ4v) is 3.35. The van der Waals surface area contributed by atoms with Crippen molar-refractivity contribution < 1.29 is 25.2 Å². The average molecular weight is 383 g/mol. The van der Waals surface area contributed by atoms with Gasteiger partial charge in [-0.2, -0.15) is 0 Å². The maximum absolute atomic E-state index is 12.2. The van der Waals surface area contributed by atoms with Crippen LogP contribution in [0.25, 0.3) is 0 Å². The van der Waals surface area contributed by atoms with Gasteiger partial charge in [0.05, 0.1) is 31.5 Å². The van der Waals surface area contributed by atoms with Gasteiger partial charge in [0.25, 0.3) is 0 Å². The van der Waals surface area contributed by atoms with Crippen LogP contribution in [0.4, 0.5) is 4.79 Å². The summed E-state index contributed by atoms with van der Waals surface area (Å²) in [5.74, 6) is 0.140. The first-order valence-electron chi connectivity index (χ1n) is 9.69. The molecule has 2 heterocycles. The molecule has 7 nitrogen and oxygen atoms in total. The molecule has 0 saturated carbocycles.